The third-order valence-corrected chi connectivity index (χ3v) is 5.39. The molecule has 0 saturated heterocycles. The Kier molecular flexibility index (Phi) is 3.24. The first kappa shape index (κ1) is 13.5. The molecule has 5 nitrogen and oxygen atoms in total. The van der Waals surface area contributed by atoms with Crippen molar-refractivity contribution < 1.29 is 0 Å². The Bertz CT molecular complexity index is 1030. The maximum atomic E-state index is 12.0. The van der Waals surface area contributed by atoms with E-state index in [1.165, 1.54) is 11.3 Å². The lowest BCUT2D eigenvalue weighted by atomic mass is 10.3. The first-order valence-electron chi connectivity index (χ1n) is 6.73. The lowest BCUT2D eigenvalue weighted by Gasteiger charge is -2.02. The number of aromatic amines is 1. The molecule has 1 N–H and O–H groups in total. The van der Waals surface area contributed by atoms with Crippen LogP contribution in [-0.2, 0) is 12.8 Å². The number of aromatic nitrogens is 4. The zero-order valence-electron chi connectivity index (χ0n) is 11.7. The third kappa shape index (κ3) is 2.22. The average Bonchev–Trinajstić information content (AvgIpc) is 3.11. The molecule has 0 saturated carbocycles. The molecule has 0 atom stereocenters. The second-order valence-corrected chi connectivity index (χ2v) is 6.74. The van der Waals surface area contributed by atoms with Crippen LogP contribution in [0.15, 0.2) is 45.7 Å². The average molecular weight is 328 g/mol. The molecule has 0 fully saturated rings. The predicted molar refractivity (Wildman–Crippen MR) is 90.5 cm³/mol. The van der Waals surface area contributed by atoms with Gasteiger partial charge in [0.05, 0.1) is 22.3 Å². The standard InChI is InChI=1S/C15H12N4OS2/c1-19-11-5-3-2-4-9(11)17-15(19)22-8-12-16-10-6-7-21-13(10)14(20)18-12/h2-7H,8H2,1H3,(H,16,18,20). The van der Waals surface area contributed by atoms with Crippen molar-refractivity contribution in [3.63, 3.8) is 0 Å². The van der Waals surface area contributed by atoms with Gasteiger partial charge in [0.25, 0.3) is 5.56 Å². The van der Waals surface area contributed by atoms with E-state index in [0.717, 1.165) is 21.7 Å². The zero-order chi connectivity index (χ0) is 15.1. The molecule has 0 spiro atoms. The van der Waals surface area contributed by atoms with Crippen LogP contribution in [0.3, 0.4) is 0 Å². The predicted octanol–water partition coefficient (Wildman–Crippen LogP) is 3.16. The van der Waals surface area contributed by atoms with Crippen LogP contribution in [0.1, 0.15) is 5.82 Å². The van der Waals surface area contributed by atoms with Crippen molar-refractivity contribution >= 4 is 44.3 Å². The number of benzene rings is 1. The molecule has 110 valence electrons. The van der Waals surface area contributed by atoms with Crippen LogP contribution in [-0.4, -0.2) is 19.5 Å². The van der Waals surface area contributed by atoms with E-state index in [0.29, 0.717) is 16.3 Å². The number of nitrogens with zero attached hydrogens (tertiary/aromatic N) is 3. The van der Waals surface area contributed by atoms with Crippen LogP contribution in [0, 0.1) is 0 Å². The van der Waals surface area contributed by atoms with Gasteiger partial charge in [-0.05, 0) is 23.6 Å². The number of rotatable bonds is 3. The second kappa shape index (κ2) is 5.26. The zero-order valence-corrected chi connectivity index (χ0v) is 13.4. The molecule has 4 rings (SSSR count). The highest BCUT2D eigenvalue weighted by molar-refractivity contribution is 7.98. The Balaban J connectivity index is 1.65. The van der Waals surface area contributed by atoms with Crippen molar-refractivity contribution in [1.82, 2.24) is 19.5 Å². The molecular formula is C15H12N4OS2. The molecule has 0 aliphatic carbocycles. The molecule has 0 bridgehead atoms. The number of hydrogen-bond acceptors (Lipinski definition) is 5. The van der Waals surface area contributed by atoms with E-state index in [1.807, 2.05) is 42.8 Å². The van der Waals surface area contributed by atoms with E-state index in [1.54, 1.807) is 11.8 Å². The normalized spacial score (nSPS) is 11.5. The number of aryl methyl sites for hydroxylation is 1. The van der Waals surface area contributed by atoms with Gasteiger partial charge in [0.1, 0.15) is 10.5 Å². The Hall–Kier alpha value is -2.12. The molecule has 3 aromatic heterocycles. The quantitative estimate of drug-likeness (QED) is 0.587. The topological polar surface area (TPSA) is 63.6 Å². The molecule has 7 heteroatoms. The van der Waals surface area contributed by atoms with E-state index in [-0.39, 0.29) is 5.56 Å². The lowest BCUT2D eigenvalue weighted by molar-refractivity contribution is 0.814. The maximum Gasteiger partial charge on any atom is 0.268 e. The summed E-state index contributed by atoms with van der Waals surface area (Å²) in [4.78, 5) is 23.9. The van der Waals surface area contributed by atoms with Crippen molar-refractivity contribution in [1.29, 1.82) is 0 Å². The number of para-hydroxylation sites is 2. The minimum atomic E-state index is -0.0689. The van der Waals surface area contributed by atoms with E-state index < -0.39 is 0 Å². The summed E-state index contributed by atoms with van der Waals surface area (Å²) in [5.74, 6) is 1.26. The highest BCUT2D eigenvalue weighted by atomic mass is 32.2. The van der Waals surface area contributed by atoms with Gasteiger partial charge in [-0.25, -0.2) is 9.97 Å². The van der Waals surface area contributed by atoms with E-state index in [9.17, 15) is 4.79 Å². The summed E-state index contributed by atoms with van der Waals surface area (Å²) in [6, 6.07) is 9.90. The summed E-state index contributed by atoms with van der Waals surface area (Å²) in [5.41, 5.74) is 2.76. The van der Waals surface area contributed by atoms with Gasteiger partial charge in [-0.1, -0.05) is 23.9 Å². The van der Waals surface area contributed by atoms with Crippen LogP contribution in [0.4, 0.5) is 0 Å². The molecule has 1 aromatic carbocycles. The minimum Gasteiger partial charge on any atom is -0.322 e. The molecule has 0 aliphatic heterocycles. The molecule has 0 radical (unpaired) electrons. The van der Waals surface area contributed by atoms with Crippen LogP contribution >= 0.6 is 23.1 Å². The molecular weight excluding hydrogens is 316 g/mol. The van der Waals surface area contributed by atoms with Gasteiger partial charge in [-0.2, -0.15) is 0 Å². The van der Waals surface area contributed by atoms with Crippen LogP contribution in [0.5, 0.6) is 0 Å². The van der Waals surface area contributed by atoms with Gasteiger partial charge in [0.2, 0.25) is 0 Å². The summed E-state index contributed by atoms with van der Waals surface area (Å²) >= 11 is 2.98. The van der Waals surface area contributed by atoms with Crippen LogP contribution < -0.4 is 5.56 Å². The van der Waals surface area contributed by atoms with Gasteiger partial charge < -0.3 is 9.55 Å². The number of H-pyrrole nitrogens is 1. The summed E-state index contributed by atoms with van der Waals surface area (Å²) in [5, 5.41) is 2.80. The summed E-state index contributed by atoms with van der Waals surface area (Å²) in [7, 11) is 2.00. The fourth-order valence-corrected chi connectivity index (χ4v) is 3.96. The number of thioether (sulfide) groups is 1. The Morgan fingerprint density at radius 1 is 1.23 bits per heavy atom. The maximum absolute atomic E-state index is 12.0. The molecule has 3 heterocycles. The summed E-state index contributed by atoms with van der Waals surface area (Å²) < 4.78 is 2.73. The molecule has 4 aromatic rings. The van der Waals surface area contributed by atoms with Gasteiger partial charge in [0.15, 0.2) is 5.16 Å². The Labute approximate surface area is 134 Å². The highest BCUT2D eigenvalue weighted by Gasteiger charge is 2.10. The van der Waals surface area contributed by atoms with Crippen molar-refractivity contribution in [3.8, 4) is 0 Å². The van der Waals surface area contributed by atoms with E-state index >= 15 is 0 Å². The molecule has 0 unspecified atom stereocenters. The number of thiophene rings is 1. The molecule has 0 amide bonds. The van der Waals surface area contributed by atoms with Gasteiger partial charge in [-0.3, -0.25) is 4.79 Å². The van der Waals surface area contributed by atoms with Gasteiger partial charge in [0, 0.05) is 7.05 Å². The highest BCUT2D eigenvalue weighted by Crippen LogP contribution is 2.25. The number of fused-ring (bicyclic) bond motifs is 2. The number of hydrogen-bond donors (Lipinski definition) is 1. The SMILES string of the molecule is Cn1c(SCc2nc3ccsc3c(=O)[nH]2)nc2ccccc21. The van der Waals surface area contributed by atoms with E-state index in [2.05, 4.69) is 19.5 Å². The summed E-state index contributed by atoms with van der Waals surface area (Å²) in [6.07, 6.45) is 0. The lowest BCUT2D eigenvalue weighted by Crippen LogP contribution is -2.09. The monoisotopic (exact) mass is 328 g/mol. The minimum absolute atomic E-state index is 0.0689. The largest absolute Gasteiger partial charge is 0.322 e. The Morgan fingerprint density at radius 3 is 2.95 bits per heavy atom. The first-order chi connectivity index (χ1) is 10.7. The van der Waals surface area contributed by atoms with Crippen molar-refractivity contribution in [3.05, 3.63) is 51.9 Å². The van der Waals surface area contributed by atoms with E-state index in [4.69, 9.17) is 0 Å². The fraction of sp³-hybridized carbons (Fsp3) is 0.133. The smallest absolute Gasteiger partial charge is 0.268 e. The van der Waals surface area contributed by atoms with Crippen molar-refractivity contribution in [2.24, 2.45) is 7.05 Å². The van der Waals surface area contributed by atoms with Gasteiger partial charge >= 0.3 is 0 Å². The Morgan fingerprint density at radius 2 is 2.09 bits per heavy atom. The van der Waals surface area contributed by atoms with Crippen molar-refractivity contribution in [2.75, 3.05) is 0 Å². The molecule has 22 heavy (non-hydrogen) atoms. The van der Waals surface area contributed by atoms with Crippen LogP contribution in [0.2, 0.25) is 0 Å². The van der Waals surface area contributed by atoms with Crippen molar-refractivity contribution in [2.45, 2.75) is 10.9 Å². The fourth-order valence-electron chi connectivity index (χ4n) is 2.38. The number of nitrogens with one attached hydrogen (secondary N) is 1. The number of imidazole rings is 1. The second-order valence-electron chi connectivity index (χ2n) is 4.88. The van der Waals surface area contributed by atoms with Crippen LogP contribution in [0.25, 0.3) is 21.3 Å². The summed E-state index contributed by atoms with van der Waals surface area (Å²) in [6.45, 7) is 0. The molecule has 0 aliphatic rings. The van der Waals surface area contributed by atoms with Gasteiger partial charge in [-0.15, -0.1) is 11.3 Å². The third-order valence-electron chi connectivity index (χ3n) is 3.45. The first-order valence-corrected chi connectivity index (χ1v) is 8.59.